The predicted octanol–water partition coefficient (Wildman–Crippen LogP) is 2.05. The van der Waals surface area contributed by atoms with Gasteiger partial charge in [-0.25, -0.2) is 8.42 Å². The molecule has 0 radical (unpaired) electrons. The summed E-state index contributed by atoms with van der Waals surface area (Å²) < 4.78 is 25.8. The fourth-order valence-electron chi connectivity index (χ4n) is 2.98. The molecule has 2 rings (SSSR count). The van der Waals surface area contributed by atoms with E-state index >= 15 is 0 Å². The van der Waals surface area contributed by atoms with E-state index in [0.717, 1.165) is 24.8 Å². The first-order chi connectivity index (χ1) is 9.95. The van der Waals surface area contributed by atoms with Gasteiger partial charge >= 0.3 is 0 Å². The molecule has 0 aliphatic heterocycles. The standard InChI is InChI=1S/C16H25NO3S/c1-12-7-9-14(10-8-12)21(19,20)16-6-4-3-5-15(16)17-13(2)11-18/h7-10,13,15-18H,3-6,11H2,1-2H3/t13-,15-,16-/m1/s1. The van der Waals surface area contributed by atoms with Crippen molar-refractivity contribution in [1.82, 2.24) is 5.32 Å². The molecule has 0 unspecified atom stereocenters. The zero-order valence-corrected chi connectivity index (χ0v) is 13.6. The van der Waals surface area contributed by atoms with E-state index in [1.165, 1.54) is 0 Å². The number of aryl methyl sites for hydroxylation is 1. The van der Waals surface area contributed by atoms with Crippen molar-refractivity contribution in [2.24, 2.45) is 0 Å². The van der Waals surface area contributed by atoms with Gasteiger partial charge in [0.2, 0.25) is 0 Å². The van der Waals surface area contributed by atoms with Crippen LogP contribution in [0.4, 0.5) is 0 Å². The van der Waals surface area contributed by atoms with Crippen molar-refractivity contribution in [3.8, 4) is 0 Å². The van der Waals surface area contributed by atoms with Crippen molar-refractivity contribution in [2.45, 2.75) is 61.8 Å². The largest absolute Gasteiger partial charge is 0.395 e. The minimum atomic E-state index is -3.33. The van der Waals surface area contributed by atoms with Crippen LogP contribution in [-0.2, 0) is 9.84 Å². The Bertz CT molecular complexity index is 553. The first-order valence-electron chi connectivity index (χ1n) is 7.62. The molecular formula is C16H25NO3S. The third-order valence-electron chi connectivity index (χ3n) is 4.22. The smallest absolute Gasteiger partial charge is 0.182 e. The lowest BCUT2D eigenvalue weighted by molar-refractivity contribution is 0.228. The molecule has 21 heavy (non-hydrogen) atoms. The van der Waals surface area contributed by atoms with Crippen molar-refractivity contribution in [2.75, 3.05) is 6.61 Å². The molecule has 0 amide bonds. The van der Waals surface area contributed by atoms with E-state index in [1.807, 2.05) is 26.0 Å². The molecule has 2 N–H and O–H groups in total. The monoisotopic (exact) mass is 311 g/mol. The molecular weight excluding hydrogens is 286 g/mol. The highest BCUT2D eigenvalue weighted by Gasteiger charge is 2.36. The van der Waals surface area contributed by atoms with Gasteiger partial charge in [0.15, 0.2) is 9.84 Å². The summed E-state index contributed by atoms with van der Waals surface area (Å²) in [4.78, 5) is 0.406. The van der Waals surface area contributed by atoms with Gasteiger partial charge in [-0.05, 0) is 38.8 Å². The van der Waals surface area contributed by atoms with Crippen molar-refractivity contribution in [3.05, 3.63) is 29.8 Å². The van der Waals surface area contributed by atoms with Crippen LogP contribution in [0.2, 0.25) is 0 Å². The van der Waals surface area contributed by atoms with Crippen LogP contribution in [0.3, 0.4) is 0 Å². The summed E-state index contributed by atoms with van der Waals surface area (Å²) in [6, 6.07) is 6.93. The van der Waals surface area contributed by atoms with Crippen LogP contribution in [0.5, 0.6) is 0 Å². The van der Waals surface area contributed by atoms with Crippen molar-refractivity contribution >= 4 is 9.84 Å². The van der Waals surface area contributed by atoms with E-state index in [-0.39, 0.29) is 18.7 Å². The number of aliphatic hydroxyl groups excluding tert-OH is 1. The molecule has 0 bridgehead atoms. The summed E-state index contributed by atoms with van der Waals surface area (Å²) >= 11 is 0. The number of rotatable bonds is 5. The molecule has 0 spiro atoms. The van der Waals surface area contributed by atoms with E-state index in [2.05, 4.69) is 5.32 Å². The van der Waals surface area contributed by atoms with Crippen LogP contribution < -0.4 is 5.32 Å². The molecule has 0 heterocycles. The summed E-state index contributed by atoms with van der Waals surface area (Å²) in [6.07, 6.45) is 3.52. The molecule has 0 saturated heterocycles. The number of nitrogens with one attached hydrogen (secondary N) is 1. The van der Waals surface area contributed by atoms with Gasteiger partial charge in [-0.1, -0.05) is 30.5 Å². The second-order valence-corrected chi connectivity index (χ2v) is 8.20. The Labute approximate surface area is 127 Å². The third-order valence-corrected chi connectivity index (χ3v) is 6.51. The van der Waals surface area contributed by atoms with Crippen molar-refractivity contribution < 1.29 is 13.5 Å². The summed E-state index contributed by atoms with van der Waals surface area (Å²) in [5, 5.41) is 12.1. The first-order valence-corrected chi connectivity index (χ1v) is 9.17. The Morgan fingerprint density at radius 2 is 1.86 bits per heavy atom. The molecule has 1 aromatic rings. The average molecular weight is 311 g/mol. The maximum Gasteiger partial charge on any atom is 0.182 e. The van der Waals surface area contributed by atoms with Crippen LogP contribution in [0.1, 0.15) is 38.2 Å². The highest BCUT2D eigenvalue weighted by Crippen LogP contribution is 2.29. The number of hydrogen-bond donors (Lipinski definition) is 2. The second kappa shape index (κ2) is 6.90. The van der Waals surface area contributed by atoms with Crippen LogP contribution in [0, 0.1) is 6.92 Å². The van der Waals surface area contributed by atoms with Gasteiger partial charge in [0.1, 0.15) is 0 Å². The lowest BCUT2D eigenvalue weighted by Crippen LogP contribution is -2.50. The normalized spacial score (nSPS) is 24.7. The molecule has 1 saturated carbocycles. The Morgan fingerprint density at radius 3 is 2.48 bits per heavy atom. The highest BCUT2D eigenvalue weighted by atomic mass is 32.2. The Hall–Kier alpha value is -0.910. The Kier molecular flexibility index (Phi) is 5.41. The van der Waals surface area contributed by atoms with Gasteiger partial charge in [0, 0.05) is 12.1 Å². The lowest BCUT2D eigenvalue weighted by Gasteiger charge is -2.33. The maximum absolute atomic E-state index is 12.9. The average Bonchev–Trinajstić information content (AvgIpc) is 2.48. The molecule has 1 aliphatic rings. The van der Waals surface area contributed by atoms with E-state index in [1.54, 1.807) is 12.1 Å². The van der Waals surface area contributed by atoms with Crippen LogP contribution in [0.15, 0.2) is 29.2 Å². The second-order valence-electron chi connectivity index (χ2n) is 6.04. The molecule has 1 aliphatic carbocycles. The summed E-state index contributed by atoms with van der Waals surface area (Å²) in [5.41, 5.74) is 1.06. The molecule has 1 aromatic carbocycles. The lowest BCUT2D eigenvalue weighted by atomic mass is 9.94. The minimum absolute atomic E-state index is 0.0216. The van der Waals surface area contributed by atoms with Crippen LogP contribution in [-0.4, -0.2) is 37.5 Å². The molecule has 4 nitrogen and oxygen atoms in total. The SMILES string of the molecule is Cc1ccc(S(=O)(=O)[C@@H]2CCCC[C@H]2N[C@H](C)CO)cc1. The van der Waals surface area contributed by atoms with Crippen LogP contribution in [0.25, 0.3) is 0 Å². The summed E-state index contributed by atoms with van der Waals surface area (Å²) in [5.74, 6) is 0. The molecule has 1 fully saturated rings. The van der Waals surface area contributed by atoms with Gasteiger partial charge in [-0.15, -0.1) is 0 Å². The minimum Gasteiger partial charge on any atom is -0.395 e. The molecule has 5 heteroatoms. The number of aliphatic hydroxyl groups is 1. The number of sulfone groups is 1. The van der Waals surface area contributed by atoms with E-state index in [4.69, 9.17) is 0 Å². The van der Waals surface area contributed by atoms with Crippen molar-refractivity contribution in [1.29, 1.82) is 0 Å². The molecule has 3 atom stereocenters. The van der Waals surface area contributed by atoms with E-state index in [9.17, 15) is 13.5 Å². The Morgan fingerprint density at radius 1 is 1.24 bits per heavy atom. The number of benzene rings is 1. The topological polar surface area (TPSA) is 66.4 Å². The predicted molar refractivity (Wildman–Crippen MR) is 84.1 cm³/mol. The van der Waals surface area contributed by atoms with Gasteiger partial charge in [0.25, 0.3) is 0 Å². The Balaban J connectivity index is 2.25. The maximum atomic E-state index is 12.9. The first kappa shape index (κ1) is 16.5. The van der Waals surface area contributed by atoms with Gasteiger partial charge < -0.3 is 10.4 Å². The summed E-state index contributed by atoms with van der Waals surface area (Å²) in [7, 11) is -3.33. The van der Waals surface area contributed by atoms with Gasteiger partial charge in [0.05, 0.1) is 16.8 Å². The van der Waals surface area contributed by atoms with E-state index in [0.29, 0.717) is 11.3 Å². The molecule has 0 aromatic heterocycles. The van der Waals surface area contributed by atoms with Crippen LogP contribution >= 0.6 is 0 Å². The van der Waals surface area contributed by atoms with E-state index < -0.39 is 15.1 Å². The fourth-order valence-corrected chi connectivity index (χ4v) is 4.97. The zero-order valence-electron chi connectivity index (χ0n) is 12.7. The van der Waals surface area contributed by atoms with Crippen molar-refractivity contribution in [3.63, 3.8) is 0 Å². The highest BCUT2D eigenvalue weighted by molar-refractivity contribution is 7.92. The molecule has 118 valence electrons. The quantitative estimate of drug-likeness (QED) is 0.873. The zero-order chi connectivity index (χ0) is 15.5. The third kappa shape index (κ3) is 3.84. The number of hydrogen-bond acceptors (Lipinski definition) is 4. The van der Waals surface area contributed by atoms with Gasteiger partial charge in [-0.3, -0.25) is 0 Å². The van der Waals surface area contributed by atoms with Gasteiger partial charge in [-0.2, -0.15) is 0 Å². The fraction of sp³-hybridized carbons (Fsp3) is 0.625. The summed E-state index contributed by atoms with van der Waals surface area (Å²) in [6.45, 7) is 3.85.